The quantitative estimate of drug-likeness (QED) is 0.200. The van der Waals surface area contributed by atoms with Crippen LogP contribution in [0.15, 0.2) is 59.1 Å². The Morgan fingerprint density at radius 3 is 1.94 bits per heavy atom. The summed E-state index contributed by atoms with van der Waals surface area (Å²) < 4.78 is 15.2. The molecule has 0 radical (unpaired) electrons. The molecule has 0 aliphatic carbocycles. The van der Waals surface area contributed by atoms with Crippen LogP contribution in [0.4, 0.5) is 0 Å². The van der Waals surface area contributed by atoms with Crippen molar-refractivity contribution in [1.29, 1.82) is 0 Å². The maximum absolute atomic E-state index is 11.6. The number of ether oxygens (including phenoxy) is 3. The van der Waals surface area contributed by atoms with Gasteiger partial charge in [-0.05, 0) is 74.6 Å². The number of carbonyl (C=O) groups is 1. The molecule has 33 heavy (non-hydrogen) atoms. The van der Waals surface area contributed by atoms with Gasteiger partial charge in [0.2, 0.25) is 0 Å². The molecule has 0 saturated carbocycles. The number of benzene rings is 2. The van der Waals surface area contributed by atoms with E-state index in [2.05, 4.69) is 34.8 Å². The third-order valence-electron chi connectivity index (χ3n) is 5.09. The van der Waals surface area contributed by atoms with E-state index >= 15 is 0 Å². The summed E-state index contributed by atoms with van der Waals surface area (Å²) in [5.41, 5.74) is 5.73. The first-order valence-electron chi connectivity index (χ1n) is 11.0. The van der Waals surface area contributed by atoms with Crippen LogP contribution >= 0.6 is 15.9 Å². The molecule has 0 spiro atoms. The molecule has 2 rings (SSSR count). The number of allylic oxidation sites excluding steroid dienone is 2. The van der Waals surface area contributed by atoms with Gasteiger partial charge < -0.3 is 14.2 Å². The highest BCUT2D eigenvalue weighted by Crippen LogP contribution is 2.26. The third kappa shape index (κ3) is 10.3. The van der Waals surface area contributed by atoms with E-state index in [1.54, 1.807) is 21.3 Å². The largest absolute Gasteiger partial charge is 0.497 e. The Bertz CT molecular complexity index is 903. The standard InChI is InChI=1S/C19H26BrNO3.C8H10O/c1-5-24-19(22)8-6-7-17(18(13-20)21-3)14(2)15-9-11-16(23-4)12-10-15;1-7-3-5-8(9-2)6-4-7/h9-12H,5-8,13H2,1-4H3;3-6H,1-2H3/b17-14+,21-18?;. The highest BCUT2D eigenvalue weighted by Gasteiger charge is 2.12. The predicted molar refractivity (Wildman–Crippen MR) is 141 cm³/mol. The van der Waals surface area contributed by atoms with Gasteiger partial charge in [0, 0.05) is 24.5 Å². The third-order valence-corrected chi connectivity index (χ3v) is 5.62. The molecular weight excluding hydrogens is 482 g/mol. The van der Waals surface area contributed by atoms with Crippen LogP contribution in [0.25, 0.3) is 5.57 Å². The van der Waals surface area contributed by atoms with Crippen molar-refractivity contribution < 1.29 is 19.0 Å². The number of halogens is 1. The normalized spacial score (nSPS) is 11.7. The summed E-state index contributed by atoms with van der Waals surface area (Å²) in [6.45, 7) is 6.40. The number of esters is 1. The van der Waals surface area contributed by atoms with Crippen molar-refractivity contribution in [3.63, 3.8) is 0 Å². The van der Waals surface area contributed by atoms with Crippen molar-refractivity contribution in [3.8, 4) is 11.5 Å². The van der Waals surface area contributed by atoms with E-state index in [1.807, 2.05) is 55.5 Å². The van der Waals surface area contributed by atoms with Crippen LogP contribution in [-0.4, -0.2) is 44.9 Å². The molecule has 2 aromatic carbocycles. The Hall–Kier alpha value is -2.60. The molecule has 0 N–H and O–H groups in total. The van der Waals surface area contributed by atoms with Crippen LogP contribution < -0.4 is 9.47 Å². The first-order valence-corrected chi connectivity index (χ1v) is 12.1. The zero-order chi connectivity index (χ0) is 24.6. The summed E-state index contributed by atoms with van der Waals surface area (Å²) >= 11 is 3.51. The van der Waals surface area contributed by atoms with E-state index in [0.29, 0.717) is 18.4 Å². The van der Waals surface area contributed by atoms with Crippen LogP contribution in [0, 0.1) is 6.92 Å². The summed E-state index contributed by atoms with van der Waals surface area (Å²) in [7, 11) is 5.12. The molecule has 6 heteroatoms. The van der Waals surface area contributed by atoms with Crippen molar-refractivity contribution in [1.82, 2.24) is 0 Å². The fraction of sp³-hybridized carbons (Fsp3) is 0.407. The van der Waals surface area contributed by atoms with E-state index in [1.165, 1.54) is 16.7 Å². The van der Waals surface area contributed by atoms with Crippen molar-refractivity contribution in [2.45, 2.75) is 40.0 Å². The predicted octanol–water partition coefficient (Wildman–Crippen LogP) is 6.67. The molecule has 2 aromatic rings. The van der Waals surface area contributed by atoms with Gasteiger partial charge in [0.15, 0.2) is 0 Å². The average Bonchev–Trinajstić information content (AvgIpc) is 2.84. The number of aryl methyl sites for hydroxylation is 1. The Balaban J connectivity index is 0.000000502. The average molecular weight is 518 g/mol. The monoisotopic (exact) mass is 517 g/mol. The number of carbonyl (C=O) groups excluding carboxylic acids is 1. The van der Waals surface area contributed by atoms with E-state index in [9.17, 15) is 4.79 Å². The summed E-state index contributed by atoms with van der Waals surface area (Å²) in [4.78, 5) is 15.9. The molecule has 0 aliphatic rings. The maximum atomic E-state index is 11.6. The second kappa shape index (κ2) is 16.1. The fourth-order valence-corrected chi connectivity index (χ4v) is 3.75. The highest BCUT2D eigenvalue weighted by molar-refractivity contribution is 9.09. The van der Waals surface area contributed by atoms with Gasteiger partial charge in [-0.15, -0.1) is 0 Å². The van der Waals surface area contributed by atoms with E-state index < -0.39 is 0 Å². The van der Waals surface area contributed by atoms with Crippen LogP contribution in [0.1, 0.15) is 44.2 Å². The maximum Gasteiger partial charge on any atom is 0.305 e. The van der Waals surface area contributed by atoms with E-state index in [0.717, 1.165) is 35.6 Å². The van der Waals surface area contributed by atoms with Crippen molar-refractivity contribution >= 4 is 33.2 Å². The zero-order valence-corrected chi connectivity index (χ0v) is 22.2. The number of nitrogens with zero attached hydrogens (tertiary/aromatic N) is 1. The van der Waals surface area contributed by atoms with Crippen LogP contribution in [0.3, 0.4) is 0 Å². The minimum absolute atomic E-state index is 0.146. The second-order valence-corrected chi connectivity index (χ2v) is 7.87. The van der Waals surface area contributed by atoms with E-state index in [4.69, 9.17) is 14.2 Å². The van der Waals surface area contributed by atoms with Gasteiger partial charge in [-0.3, -0.25) is 9.79 Å². The number of rotatable bonds is 10. The van der Waals surface area contributed by atoms with Gasteiger partial charge in [-0.2, -0.15) is 0 Å². The number of hydrogen-bond donors (Lipinski definition) is 0. The van der Waals surface area contributed by atoms with Crippen molar-refractivity contribution in [2.24, 2.45) is 4.99 Å². The zero-order valence-electron chi connectivity index (χ0n) is 20.6. The van der Waals surface area contributed by atoms with Gasteiger partial charge in [0.25, 0.3) is 0 Å². The number of alkyl halides is 1. The smallest absolute Gasteiger partial charge is 0.305 e. The lowest BCUT2D eigenvalue weighted by atomic mass is 9.94. The lowest BCUT2D eigenvalue weighted by molar-refractivity contribution is -0.143. The first-order chi connectivity index (χ1) is 15.9. The molecule has 0 unspecified atom stereocenters. The van der Waals surface area contributed by atoms with Gasteiger partial charge in [0.05, 0.1) is 20.8 Å². The minimum Gasteiger partial charge on any atom is -0.497 e. The Kier molecular flexibility index (Phi) is 13.9. The van der Waals surface area contributed by atoms with Crippen LogP contribution in [0.2, 0.25) is 0 Å². The molecule has 180 valence electrons. The van der Waals surface area contributed by atoms with Gasteiger partial charge in [-0.1, -0.05) is 45.8 Å². The first kappa shape index (κ1) is 28.4. The van der Waals surface area contributed by atoms with Gasteiger partial charge in [-0.25, -0.2) is 0 Å². The summed E-state index contributed by atoms with van der Waals surface area (Å²) in [6, 6.07) is 15.9. The Morgan fingerprint density at radius 2 is 1.48 bits per heavy atom. The van der Waals surface area contributed by atoms with Gasteiger partial charge >= 0.3 is 5.97 Å². The number of hydrogen-bond acceptors (Lipinski definition) is 5. The van der Waals surface area contributed by atoms with E-state index in [-0.39, 0.29) is 5.97 Å². The summed E-state index contributed by atoms with van der Waals surface area (Å²) in [5, 5.41) is 0.686. The highest BCUT2D eigenvalue weighted by atomic mass is 79.9. The molecule has 0 saturated heterocycles. The molecule has 0 aromatic heterocycles. The second-order valence-electron chi connectivity index (χ2n) is 7.31. The Morgan fingerprint density at radius 1 is 0.939 bits per heavy atom. The van der Waals surface area contributed by atoms with Gasteiger partial charge in [0.1, 0.15) is 11.5 Å². The summed E-state index contributed by atoms with van der Waals surface area (Å²) in [5.74, 6) is 1.61. The van der Waals surface area contributed by atoms with Crippen LogP contribution in [0.5, 0.6) is 11.5 Å². The molecule has 0 amide bonds. The topological polar surface area (TPSA) is 57.1 Å². The summed E-state index contributed by atoms with van der Waals surface area (Å²) in [6.07, 6.45) is 1.95. The number of aliphatic imine (C=N–C) groups is 1. The van der Waals surface area contributed by atoms with Crippen LogP contribution in [-0.2, 0) is 9.53 Å². The molecule has 0 atom stereocenters. The molecule has 0 fully saturated rings. The van der Waals surface area contributed by atoms with Crippen molar-refractivity contribution in [2.75, 3.05) is 33.2 Å². The SMILES string of the molecule is CCOC(=O)CCC/C(C(CBr)=NC)=C(/C)c1ccc(OC)cc1.COc1ccc(C)cc1. The molecule has 0 heterocycles. The van der Waals surface area contributed by atoms with Crippen molar-refractivity contribution in [3.05, 3.63) is 65.2 Å². The lowest BCUT2D eigenvalue weighted by Gasteiger charge is -2.14. The number of methoxy groups -OCH3 is 2. The molecule has 5 nitrogen and oxygen atoms in total. The lowest BCUT2D eigenvalue weighted by Crippen LogP contribution is -2.09. The Labute approximate surface area is 207 Å². The fourth-order valence-electron chi connectivity index (χ4n) is 3.16. The molecule has 0 aliphatic heterocycles. The minimum atomic E-state index is -0.146. The molecule has 0 bridgehead atoms. The molecular formula is C27H36BrNO4.